The van der Waals surface area contributed by atoms with Crippen molar-refractivity contribution in [1.82, 2.24) is 0 Å². The highest BCUT2D eigenvalue weighted by molar-refractivity contribution is 5.76. The van der Waals surface area contributed by atoms with Gasteiger partial charge < -0.3 is 5.73 Å². The second-order valence-corrected chi connectivity index (χ2v) is 3.09. The Labute approximate surface area is 92.7 Å². The maximum Gasteiger partial charge on any atom is 0.229 e. The monoisotopic (exact) mass is 216 g/mol. The predicted molar refractivity (Wildman–Crippen MR) is 56.4 cm³/mol. The summed E-state index contributed by atoms with van der Waals surface area (Å²) in [6.45, 7) is 0. The van der Waals surface area contributed by atoms with E-state index >= 15 is 0 Å². The second kappa shape index (κ2) is 5.53. The van der Waals surface area contributed by atoms with Gasteiger partial charge in [-0.3, -0.25) is 4.79 Å². The van der Waals surface area contributed by atoms with Crippen molar-refractivity contribution in [1.29, 1.82) is 5.26 Å². The van der Waals surface area contributed by atoms with Crippen molar-refractivity contribution in [2.75, 3.05) is 0 Å². The van der Waals surface area contributed by atoms with E-state index in [0.29, 0.717) is 5.56 Å². The van der Waals surface area contributed by atoms with Crippen LogP contribution >= 0.6 is 0 Å². The summed E-state index contributed by atoms with van der Waals surface area (Å²) in [5.74, 6) is 3.94. The van der Waals surface area contributed by atoms with Crippen LogP contribution in [-0.4, -0.2) is 5.91 Å². The van der Waals surface area contributed by atoms with Crippen LogP contribution in [0.5, 0.6) is 0 Å². The highest BCUT2D eigenvalue weighted by Gasteiger charge is 2.00. The zero-order valence-electron chi connectivity index (χ0n) is 8.46. The molecular formula is C12H9FN2O. The van der Waals surface area contributed by atoms with Crippen LogP contribution < -0.4 is 5.73 Å². The van der Waals surface area contributed by atoms with E-state index in [1.165, 1.54) is 18.2 Å². The number of rotatable bonds is 2. The SMILES string of the molecule is N#CCc1ccc(F)c(C#CCC(N)=O)c1. The summed E-state index contributed by atoms with van der Waals surface area (Å²) < 4.78 is 13.2. The number of hydrogen-bond donors (Lipinski definition) is 1. The second-order valence-electron chi connectivity index (χ2n) is 3.09. The standard InChI is InChI=1S/C12H9FN2O/c13-11-5-4-9(6-7-14)8-10(11)2-1-3-12(15)16/h4-5,8H,3,6H2,(H2,15,16). The van der Waals surface area contributed by atoms with Gasteiger partial charge in [-0.05, 0) is 17.7 Å². The largest absolute Gasteiger partial charge is 0.369 e. The summed E-state index contributed by atoms with van der Waals surface area (Å²) in [7, 11) is 0. The van der Waals surface area contributed by atoms with Crippen LogP contribution in [0, 0.1) is 29.0 Å². The van der Waals surface area contributed by atoms with Crippen molar-refractivity contribution in [2.24, 2.45) is 5.73 Å². The van der Waals surface area contributed by atoms with Crippen LogP contribution in [0.1, 0.15) is 17.5 Å². The first-order valence-electron chi connectivity index (χ1n) is 4.56. The minimum Gasteiger partial charge on any atom is -0.369 e. The molecule has 1 amide bonds. The lowest BCUT2D eigenvalue weighted by Gasteiger charge is -1.97. The molecule has 4 heteroatoms. The molecule has 0 atom stereocenters. The maximum absolute atomic E-state index is 13.2. The van der Waals surface area contributed by atoms with Gasteiger partial charge in [0.2, 0.25) is 5.91 Å². The number of nitriles is 1. The Balaban J connectivity index is 2.93. The highest BCUT2D eigenvalue weighted by Crippen LogP contribution is 2.09. The number of hydrogen-bond acceptors (Lipinski definition) is 2. The summed E-state index contributed by atoms with van der Waals surface area (Å²) in [4.78, 5) is 10.4. The molecule has 80 valence electrons. The Bertz CT molecular complexity index is 506. The van der Waals surface area contributed by atoms with Crippen LogP contribution in [0.3, 0.4) is 0 Å². The van der Waals surface area contributed by atoms with Crippen molar-refractivity contribution >= 4 is 5.91 Å². The van der Waals surface area contributed by atoms with E-state index in [9.17, 15) is 9.18 Å². The van der Waals surface area contributed by atoms with Crippen LogP contribution in [0.25, 0.3) is 0 Å². The van der Waals surface area contributed by atoms with Gasteiger partial charge in [-0.25, -0.2) is 4.39 Å². The number of halogens is 1. The zero-order chi connectivity index (χ0) is 12.0. The Kier molecular flexibility index (Phi) is 4.06. The summed E-state index contributed by atoms with van der Waals surface area (Å²) in [5.41, 5.74) is 5.76. The van der Waals surface area contributed by atoms with Gasteiger partial charge in [0.1, 0.15) is 5.82 Å². The Hall–Kier alpha value is -2.33. The van der Waals surface area contributed by atoms with Crippen LogP contribution in [0.4, 0.5) is 4.39 Å². The normalized spacial score (nSPS) is 8.75. The molecule has 3 nitrogen and oxygen atoms in total. The molecule has 0 unspecified atom stereocenters. The first-order chi connectivity index (χ1) is 7.63. The van der Waals surface area contributed by atoms with Gasteiger partial charge in [-0.2, -0.15) is 5.26 Å². The van der Waals surface area contributed by atoms with Gasteiger partial charge in [0.05, 0.1) is 24.5 Å². The van der Waals surface area contributed by atoms with Gasteiger partial charge in [-0.15, -0.1) is 0 Å². The number of carbonyl (C=O) groups is 1. The number of carbonyl (C=O) groups excluding carboxylic acids is 1. The lowest BCUT2D eigenvalue weighted by molar-refractivity contribution is -0.117. The summed E-state index contributed by atoms with van der Waals surface area (Å²) >= 11 is 0. The third-order valence-corrected chi connectivity index (χ3v) is 1.80. The fourth-order valence-electron chi connectivity index (χ4n) is 1.10. The lowest BCUT2D eigenvalue weighted by Crippen LogP contribution is -2.08. The number of benzene rings is 1. The number of nitrogens with zero attached hydrogens (tertiary/aromatic N) is 1. The molecule has 0 spiro atoms. The van der Waals surface area contributed by atoms with Gasteiger partial charge in [0.15, 0.2) is 0 Å². The van der Waals surface area contributed by atoms with E-state index in [1.807, 2.05) is 6.07 Å². The molecule has 0 aliphatic rings. The average molecular weight is 216 g/mol. The quantitative estimate of drug-likeness (QED) is 0.753. The van der Waals surface area contributed by atoms with E-state index in [2.05, 4.69) is 11.8 Å². The first kappa shape index (κ1) is 11.7. The lowest BCUT2D eigenvalue weighted by atomic mass is 10.1. The summed E-state index contributed by atoms with van der Waals surface area (Å²) in [6, 6.07) is 6.23. The Morgan fingerprint density at radius 1 is 1.50 bits per heavy atom. The van der Waals surface area contributed by atoms with Crippen molar-refractivity contribution in [3.8, 4) is 17.9 Å². The molecule has 0 aromatic heterocycles. The maximum atomic E-state index is 13.2. The Morgan fingerprint density at radius 3 is 2.88 bits per heavy atom. The molecule has 0 saturated heterocycles. The molecule has 16 heavy (non-hydrogen) atoms. The molecule has 0 heterocycles. The van der Waals surface area contributed by atoms with Crippen molar-refractivity contribution in [3.05, 3.63) is 35.1 Å². The zero-order valence-corrected chi connectivity index (χ0v) is 8.46. The molecule has 1 rings (SSSR count). The minimum absolute atomic E-state index is 0.109. The molecule has 0 fully saturated rings. The molecule has 0 saturated carbocycles. The molecule has 0 aliphatic heterocycles. The Morgan fingerprint density at radius 2 is 2.25 bits per heavy atom. The number of primary amides is 1. The number of amides is 1. The predicted octanol–water partition coefficient (Wildman–Crippen LogP) is 1.12. The fraction of sp³-hybridized carbons (Fsp3) is 0.167. The van der Waals surface area contributed by atoms with Gasteiger partial charge in [-0.1, -0.05) is 17.9 Å². The average Bonchev–Trinajstić information content (AvgIpc) is 2.22. The van der Waals surface area contributed by atoms with Crippen LogP contribution in [0.15, 0.2) is 18.2 Å². The van der Waals surface area contributed by atoms with Gasteiger partial charge in [0, 0.05) is 0 Å². The van der Waals surface area contributed by atoms with E-state index in [0.717, 1.165) is 0 Å². The first-order valence-corrected chi connectivity index (χ1v) is 4.56. The fourth-order valence-corrected chi connectivity index (χ4v) is 1.10. The van der Waals surface area contributed by atoms with E-state index in [-0.39, 0.29) is 18.4 Å². The molecule has 2 N–H and O–H groups in total. The topological polar surface area (TPSA) is 66.9 Å². The number of nitrogens with two attached hydrogens (primary N) is 1. The molecule has 0 bridgehead atoms. The van der Waals surface area contributed by atoms with E-state index < -0.39 is 11.7 Å². The summed E-state index contributed by atoms with van der Waals surface area (Å²) in [5, 5.41) is 8.49. The molecule has 1 aromatic carbocycles. The third kappa shape index (κ3) is 3.43. The molecule has 0 aliphatic carbocycles. The van der Waals surface area contributed by atoms with Gasteiger partial charge in [0.25, 0.3) is 0 Å². The minimum atomic E-state index is -0.555. The summed E-state index contributed by atoms with van der Waals surface area (Å²) in [6.07, 6.45) is 0.0900. The van der Waals surface area contributed by atoms with Crippen molar-refractivity contribution in [2.45, 2.75) is 12.8 Å². The van der Waals surface area contributed by atoms with Crippen LogP contribution in [0.2, 0.25) is 0 Å². The smallest absolute Gasteiger partial charge is 0.229 e. The molecule has 1 aromatic rings. The van der Waals surface area contributed by atoms with Crippen molar-refractivity contribution < 1.29 is 9.18 Å². The molecule has 0 radical (unpaired) electrons. The molecular weight excluding hydrogens is 207 g/mol. The van der Waals surface area contributed by atoms with Gasteiger partial charge >= 0.3 is 0 Å². The highest BCUT2D eigenvalue weighted by atomic mass is 19.1. The van der Waals surface area contributed by atoms with E-state index in [4.69, 9.17) is 11.0 Å². The van der Waals surface area contributed by atoms with E-state index in [1.54, 1.807) is 0 Å². The van der Waals surface area contributed by atoms with Crippen molar-refractivity contribution in [3.63, 3.8) is 0 Å². The third-order valence-electron chi connectivity index (χ3n) is 1.80. The van der Waals surface area contributed by atoms with Crippen LogP contribution in [-0.2, 0) is 11.2 Å².